The van der Waals surface area contributed by atoms with Crippen molar-refractivity contribution in [2.24, 2.45) is 0 Å². The van der Waals surface area contributed by atoms with E-state index >= 15 is 0 Å². The number of benzene rings is 2. The monoisotopic (exact) mass is 337 g/mol. The fourth-order valence-electron chi connectivity index (χ4n) is 1.76. The van der Waals surface area contributed by atoms with Crippen molar-refractivity contribution in [3.05, 3.63) is 52.5 Å². The number of anilines is 3. The van der Waals surface area contributed by atoms with Gasteiger partial charge in [0.25, 0.3) is 0 Å². The highest BCUT2D eigenvalue weighted by atomic mass is 35.5. The first-order valence-electron chi connectivity index (χ1n) is 6.34. The Labute approximate surface area is 137 Å². The van der Waals surface area contributed by atoms with Gasteiger partial charge in [0.15, 0.2) is 0 Å². The maximum Gasteiger partial charge on any atom is 0.323 e. The van der Waals surface area contributed by atoms with Gasteiger partial charge in [0.1, 0.15) is 0 Å². The first-order chi connectivity index (χ1) is 10.4. The van der Waals surface area contributed by atoms with E-state index in [1.165, 1.54) is 6.92 Å². The highest BCUT2D eigenvalue weighted by Gasteiger charge is 2.05. The molecular formula is C15H13Cl2N3O2. The predicted octanol–water partition coefficient (Wildman–Crippen LogP) is 4.60. The first kappa shape index (κ1) is 16.1. The summed E-state index contributed by atoms with van der Waals surface area (Å²) in [6.45, 7) is 1.43. The van der Waals surface area contributed by atoms with Gasteiger partial charge in [-0.3, -0.25) is 4.79 Å². The number of rotatable bonds is 3. The molecule has 0 atom stereocenters. The van der Waals surface area contributed by atoms with E-state index in [1.54, 1.807) is 42.5 Å². The number of halogens is 2. The Kier molecular flexibility index (Phi) is 5.25. The second-order valence-corrected chi connectivity index (χ2v) is 5.37. The van der Waals surface area contributed by atoms with Crippen LogP contribution in [0.4, 0.5) is 21.9 Å². The Hall–Kier alpha value is -2.24. The molecule has 0 aliphatic heterocycles. The van der Waals surface area contributed by atoms with E-state index in [1.807, 2.05) is 0 Å². The van der Waals surface area contributed by atoms with E-state index in [9.17, 15) is 9.59 Å². The molecule has 0 unspecified atom stereocenters. The molecule has 0 bridgehead atoms. The van der Waals surface area contributed by atoms with Crippen LogP contribution in [0.3, 0.4) is 0 Å². The summed E-state index contributed by atoms with van der Waals surface area (Å²) in [7, 11) is 0. The van der Waals surface area contributed by atoms with Gasteiger partial charge in [0.2, 0.25) is 5.91 Å². The zero-order valence-electron chi connectivity index (χ0n) is 11.6. The molecule has 0 heterocycles. The number of amides is 3. The normalized spacial score (nSPS) is 9.95. The minimum absolute atomic E-state index is 0.156. The second-order valence-electron chi connectivity index (χ2n) is 4.50. The van der Waals surface area contributed by atoms with Crippen molar-refractivity contribution in [2.45, 2.75) is 6.92 Å². The summed E-state index contributed by atoms with van der Waals surface area (Å²) in [6, 6.07) is 11.1. The van der Waals surface area contributed by atoms with Crippen LogP contribution >= 0.6 is 23.2 Å². The molecule has 5 nitrogen and oxygen atoms in total. The Bertz CT molecular complexity index is 682. The van der Waals surface area contributed by atoms with Crippen LogP contribution in [0.25, 0.3) is 0 Å². The van der Waals surface area contributed by atoms with Gasteiger partial charge in [0, 0.05) is 34.0 Å². The van der Waals surface area contributed by atoms with Gasteiger partial charge < -0.3 is 16.0 Å². The number of hydrogen-bond acceptors (Lipinski definition) is 2. The van der Waals surface area contributed by atoms with E-state index in [0.29, 0.717) is 27.1 Å². The van der Waals surface area contributed by atoms with Crippen LogP contribution < -0.4 is 16.0 Å². The molecule has 2 aromatic rings. The van der Waals surface area contributed by atoms with E-state index in [2.05, 4.69) is 16.0 Å². The van der Waals surface area contributed by atoms with Gasteiger partial charge in [-0.05, 0) is 42.5 Å². The molecule has 3 amide bonds. The van der Waals surface area contributed by atoms with Crippen molar-refractivity contribution in [3.8, 4) is 0 Å². The zero-order valence-corrected chi connectivity index (χ0v) is 13.1. The van der Waals surface area contributed by atoms with Crippen molar-refractivity contribution in [3.63, 3.8) is 0 Å². The van der Waals surface area contributed by atoms with Gasteiger partial charge in [0.05, 0.1) is 0 Å². The molecule has 0 aliphatic carbocycles. The standard InChI is InChI=1S/C15H13Cl2N3O2/c1-9(21)18-12-2-4-13(5-3-12)19-15(22)20-14-7-10(16)6-11(17)8-14/h2-8H,1H3,(H,18,21)(H2,19,20,22). The molecule has 2 aromatic carbocycles. The number of nitrogens with one attached hydrogen (secondary N) is 3. The van der Waals surface area contributed by atoms with Crippen LogP contribution in [-0.2, 0) is 4.79 Å². The average molecular weight is 338 g/mol. The summed E-state index contributed by atoms with van der Waals surface area (Å²) < 4.78 is 0. The lowest BCUT2D eigenvalue weighted by molar-refractivity contribution is -0.114. The summed E-state index contributed by atoms with van der Waals surface area (Å²) in [5, 5.41) is 8.80. The molecule has 3 N–H and O–H groups in total. The lowest BCUT2D eigenvalue weighted by Gasteiger charge is -2.09. The van der Waals surface area contributed by atoms with Crippen LogP contribution in [0.15, 0.2) is 42.5 Å². The predicted molar refractivity (Wildman–Crippen MR) is 89.8 cm³/mol. The maximum absolute atomic E-state index is 11.9. The highest BCUT2D eigenvalue weighted by Crippen LogP contribution is 2.22. The summed E-state index contributed by atoms with van der Waals surface area (Å²) in [5.74, 6) is -0.156. The van der Waals surface area contributed by atoms with Crippen molar-refractivity contribution in [1.82, 2.24) is 0 Å². The van der Waals surface area contributed by atoms with Crippen LogP contribution in [0.5, 0.6) is 0 Å². The van der Waals surface area contributed by atoms with E-state index < -0.39 is 6.03 Å². The lowest BCUT2D eigenvalue weighted by atomic mass is 10.3. The number of urea groups is 1. The first-order valence-corrected chi connectivity index (χ1v) is 7.10. The third kappa shape index (κ3) is 4.95. The fourth-order valence-corrected chi connectivity index (χ4v) is 2.29. The molecular weight excluding hydrogens is 325 g/mol. The van der Waals surface area contributed by atoms with Gasteiger partial charge in [-0.25, -0.2) is 4.79 Å². The van der Waals surface area contributed by atoms with Crippen molar-refractivity contribution in [2.75, 3.05) is 16.0 Å². The maximum atomic E-state index is 11.9. The molecule has 2 rings (SSSR count). The minimum atomic E-state index is -0.425. The molecule has 0 saturated carbocycles. The van der Waals surface area contributed by atoms with Gasteiger partial charge >= 0.3 is 6.03 Å². The summed E-state index contributed by atoms with van der Waals surface area (Å²) >= 11 is 11.7. The minimum Gasteiger partial charge on any atom is -0.326 e. The van der Waals surface area contributed by atoms with Gasteiger partial charge in [-0.1, -0.05) is 23.2 Å². The molecule has 7 heteroatoms. The SMILES string of the molecule is CC(=O)Nc1ccc(NC(=O)Nc2cc(Cl)cc(Cl)c2)cc1. The molecule has 0 aliphatic rings. The van der Waals surface area contributed by atoms with E-state index in [-0.39, 0.29) is 5.91 Å². The van der Waals surface area contributed by atoms with Crippen molar-refractivity contribution in [1.29, 1.82) is 0 Å². The number of hydrogen-bond donors (Lipinski definition) is 3. The molecule has 0 saturated heterocycles. The summed E-state index contributed by atoms with van der Waals surface area (Å²) in [5.41, 5.74) is 1.73. The topological polar surface area (TPSA) is 70.2 Å². The average Bonchev–Trinajstić information content (AvgIpc) is 2.39. The largest absolute Gasteiger partial charge is 0.326 e. The third-order valence-corrected chi connectivity index (χ3v) is 3.02. The Morgan fingerprint density at radius 1 is 0.773 bits per heavy atom. The molecule has 114 valence electrons. The third-order valence-electron chi connectivity index (χ3n) is 2.58. The molecule has 0 fully saturated rings. The fraction of sp³-hybridized carbons (Fsp3) is 0.0667. The van der Waals surface area contributed by atoms with Gasteiger partial charge in [-0.15, -0.1) is 0 Å². The van der Waals surface area contributed by atoms with E-state index in [4.69, 9.17) is 23.2 Å². The Morgan fingerprint density at radius 2 is 1.23 bits per heavy atom. The lowest BCUT2D eigenvalue weighted by Crippen LogP contribution is -2.19. The highest BCUT2D eigenvalue weighted by molar-refractivity contribution is 6.35. The van der Waals surface area contributed by atoms with Crippen LogP contribution in [-0.4, -0.2) is 11.9 Å². The smallest absolute Gasteiger partial charge is 0.323 e. The van der Waals surface area contributed by atoms with Crippen LogP contribution in [0.2, 0.25) is 10.0 Å². The quantitative estimate of drug-likeness (QED) is 0.766. The van der Waals surface area contributed by atoms with Crippen LogP contribution in [0.1, 0.15) is 6.92 Å². The zero-order chi connectivity index (χ0) is 16.1. The van der Waals surface area contributed by atoms with Crippen molar-refractivity contribution < 1.29 is 9.59 Å². The molecule has 0 radical (unpaired) electrons. The second kappa shape index (κ2) is 7.15. The molecule has 0 spiro atoms. The Balaban J connectivity index is 1.98. The van der Waals surface area contributed by atoms with Gasteiger partial charge in [-0.2, -0.15) is 0 Å². The molecule has 22 heavy (non-hydrogen) atoms. The molecule has 0 aromatic heterocycles. The van der Waals surface area contributed by atoms with Crippen LogP contribution in [0, 0.1) is 0 Å². The van der Waals surface area contributed by atoms with E-state index in [0.717, 1.165) is 0 Å². The number of carbonyl (C=O) groups is 2. The van der Waals surface area contributed by atoms with Crippen molar-refractivity contribution >= 4 is 52.2 Å². The Morgan fingerprint density at radius 3 is 1.73 bits per heavy atom. The number of carbonyl (C=O) groups excluding carboxylic acids is 2. The summed E-state index contributed by atoms with van der Waals surface area (Å²) in [6.07, 6.45) is 0. The summed E-state index contributed by atoms with van der Waals surface area (Å²) in [4.78, 5) is 22.8.